The predicted molar refractivity (Wildman–Crippen MR) is 76.9 cm³/mol. The highest BCUT2D eigenvalue weighted by Crippen LogP contribution is 2.13. The number of rotatable bonds is 5. The molecule has 0 fully saturated rings. The first kappa shape index (κ1) is 14.0. The first-order valence-corrected chi connectivity index (χ1v) is 6.95. The van der Waals surface area contributed by atoms with Gasteiger partial charge in [-0.1, -0.05) is 0 Å². The van der Waals surface area contributed by atoms with Crippen LogP contribution in [0, 0.1) is 0 Å². The first-order chi connectivity index (χ1) is 9.26. The Kier molecular flexibility index (Phi) is 4.93. The number of halogens is 2. The van der Waals surface area contributed by atoms with E-state index in [-0.39, 0.29) is 5.91 Å². The van der Waals surface area contributed by atoms with Crippen molar-refractivity contribution in [3.8, 4) is 0 Å². The number of amides is 1. The molecule has 4 nitrogen and oxygen atoms in total. The van der Waals surface area contributed by atoms with Crippen LogP contribution in [0.4, 0.5) is 0 Å². The van der Waals surface area contributed by atoms with Crippen molar-refractivity contribution in [2.45, 2.75) is 0 Å². The van der Waals surface area contributed by atoms with Crippen molar-refractivity contribution in [3.63, 3.8) is 0 Å². The molecule has 0 aliphatic carbocycles. The number of hydrogen-bond donors (Lipinski definition) is 0. The van der Waals surface area contributed by atoms with Crippen molar-refractivity contribution in [2.75, 3.05) is 24.8 Å². The summed E-state index contributed by atoms with van der Waals surface area (Å²) in [4.78, 5) is 22.3. The van der Waals surface area contributed by atoms with Gasteiger partial charge in [-0.05, 0) is 18.2 Å². The maximum atomic E-state index is 12.3. The number of carbonyl (C=O) groups is 1. The van der Waals surface area contributed by atoms with Gasteiger partial charge in [0, 0.05) is 42.8 Å². The van der Waals surface area contributed by atoms with Crippen molar-refractivity contribution in [2.24, 2.45) is 0 Å². The monoisotopic (exact) mass is 297 g/mol. The molecule has 1 aromatic carbocycles. The lowest BCUT2D eigenvalue weighted by molar-refractivity contribution is 0.0775. The molecule has 0 saturated heterocycles. The summed E-state index contributed by atoms with van der Waals surface area (Å²) >= 11 is 11.4. The molecule has 1 amide bonds. The van der Waals surface area contributed by atoms with E-state index in [0.29, 0.717) is 35.9 Å². The second-order valence-electron chi connectivity index (χ2n) is 3.93. The van der Waals surface area contributed by atoms with E-state index in [0.717, 1.165) is 5.52 Å². The van der Waals surface area contributed by atoms with E-state index < -0.39 is 0 Å². The largest absolute Gasteiger partial charge is 0.336 e. The number of benzene rings is 1. The van der Waals surface area contributed by atoms with Gasteiger partial charge in [0.1, 0.15) is 0 Å². The van der Waals surface area contributed by atoms with Crippen molar-refractivity contribution in [1.29, 1.82) is 0 Å². The molecule has 0 spiro atoms. The van der Waals surface area contributed by atoms with E-state index in [9.17, 15) is 4.79 Å². The van der Waals surface area contributed by atoms with Crippen molar-refractivity contribution in [3.05, 3.63) is 36.2 Å². The molecule has 0 aliphatic heterocycles. The average Bonchev–Trinajstić information content (AvgIpc) is 2.46. The zero-order valence-electron chi connectivity index (χ0n) is 10.2. The lowest BCUT2D eigenvalue weighted by Crippen LogP contribution is -2.34. The van der Waals surface area contributed by atoms with E-state index >= 15 is 0 Å². The van der Waals surface area contributed by atoms with Crippen LogP contribution in [0.3, 0.4) is 0 Å². The SMILES string of the molecule is O=C(c1ccc2nccnc2c1)N(CCCl)CCCl. The number of hydrogen-bond acceptors (Lipinski definition) is 3. The molecule has 1 heterocycles. The Morgan fingerprint density at radius 2 is 1.68 bits per heavy atom. The summed E-state index contributed by atoms with van der Waals surface area (Å²) in [6.07, 6.45) is 3.23. The van der Waals surface area contributed by atoms with Crippen LogP contribution in [0.25, 0.3) is 11.0 Å². The predicted octanol–water partition coefficient (Wildman–Crippen LogP) is 2.55. The molecule has 0 atom stereocenters. The molecule has 0 unspecified atom stereocenters. The van der Waals surface area contributed by atoms with Crippen molar-refractivity contribution in [1.82, 2.24) is 14.9 Å². The van der Waals surface area contributed by atoms with E-state index in [1.807, 2.05) is 0 Å². The lowest BCUT2D eigenvalue weighted by Gasteiger charge is -2.20. The van der Waals surface area contributed by atoms with Crippen molar-refractivity contribution >= 4 is 40.1 Å². The Morgan fingerprint density at radius 3 is 2.32 bits per heavy atom. The van der Waals surface area contributed by atoms with Gasteiger partial charge in [0.15, 0.2) is 0 Å². The van der Waals surface area contributed by atoms with Crippen LogP contribution < -0.4 is 0 Å². The Labute approximate surface area is 121 Å². The Hall–Kier alpha value is -1.39. The third kappa shape index (κ3) is 3.33. The quantitative estimate of drug-likeness (QED) is 0.797. The van der Waals surface area contributed by atoms with Gasteiger partial charge in [0.25, 0.3) is 5.91 Å². The summed E-state index contributed by atoms with van der Waals surface area (Å²) in [5.74, 6) is 0.681. The maximum absolute atomic E-state index is 12.3. The highest BCUT2D eigenvalue weighted by atomic mass is 35.5. The molecular formula is C13H13Cl2N3O. The van der Waals surface area contributed by atoms with Gasteiger partial charge in [-0.3, -0.25) is 14.8 Å². The second kappa shape index (κ2) is 6.68. The minimum absolute atomic E-state index is 0.0890. The summed E-state index contributed by atoms with van der Waals surface area (Å²) in [6.45, 7) is 0.956. The minimum atomic E-state index is -0.0890. The van der Waals surface area contributed by atoms with Gasteiger partial charge in [0.05, 0.1) is 11.0 Å². The number of fused-ring (bicyclic) bond motifs is 1. The van der Waals surface area contributed by atoms with Crippen molar-refractivity contribution < 1.29 is 4.79 Å². The molecular weight excluding hydrogens is 285 g/mol. The Morgan fingerprint density at radius 1 is 1.05 bits per heavy atom. The second-order valence-corrected chi connectivity index (χ2v) is 4.69. The average molecular weight is 298 g/mol. The molecule has 0 N–H and O–H groups in total. The van der Waals surface area contributed by atoms with E-state index in [1.54, 1.807) is 35.5 Å². The summed E-state index contributed by atoms with van der Waals surface area (Å²) in [7, 11) is 0. The number of alkyl halides is 2. The molecule has 0 radical (unpaired) electrons. The summed E-state index contributed by atoms with van der Waals surface area (Å²) in [5.41, 5.74) is 2.04. The molecule has 2 aromatic rings. The molecule has 19 heavy (non-hydrogen) atoms. The summed E-state index contributed by atoms with van der Waals surface area (Å²) in [5, 5.41) is 0. The van der Waals surface area contributed by atoms with Gasteiger partial charge in [-0.2, -0.15) is 0 Å². The van der Waals surface area contributed by atoms with Gasteiger partial charge in [0.2, 0.25) is 0 Å². The molecule has 0 bridgehead atoms. The molecule has 1 aromatic heterocycles. The highest BCUT2D eigenvalue weighted by molar-refractivity contribution is 6.18. The highest BCUT2D eigenvalue weighted by Gasteiger charge is 2.15. The van der Waals surface area contributed by atoms with Crippen LogP contribution in [-0.2, 0) is 0 Å². The van der Waals surface area contributed by atoms with E-state index in [1.165, 1.54) is 0 Å². The topological polar surface area (TPSA) is 46.1 Å². The molecule has 100 valence electrons. The molecule has 0 aliphatic rings. The Bertz CT molecular complexity index is 571. The van der Waals surface area contributed by atoms with Gasteiger partial charge >= 0.3 is 0 Å². The van der Waals surface area contributed by atoms with E-state index in [4.69, 9.17) is 23.2 Å². The van der Waals surface area contributed by atoms with Crippen LogP contribution in [0.1, 0.15) is 10.4 Å². The number of aromatic nitrogens is 2. The summed E-state index contributed by atoms with van der Waals surface area (Å²) < 4.78 is 0. The normalized spacial score (nSPS) is 10.6. The third-order valence-corrected chi connectivity index (χ3v) is 3.05. The van der Waals surface area contributed by atoms with E-state index in [2.05, 4.69) is 9.97 Å². The molecule has 6 heteroatoms. The van der Waals surface area contributed by atoms with Crippen LogP contribution in [-0.4, -0.2) is 45.6 Å². The lowest BCUT2D eigenvalue weighted by atomic mass is 10.1. The smallest absolute Gasteiger partial charge is 0.254 e. The van der Waals surface area contributed by atoms with Gasteiger partial charge in [-0.15, -0.1) is 23.2 Å². The first-order valence-electron chi connectivity index (χ1n) is 5.88. The summed E-state index contributed by atoms with van der Waals surface area (Å²) in [6, 6.07) is 5.27. The van der Waals surface area contributed by atoms with Crippen LogP contribution in [0.2, 0.25) is 0 Å². The van der Waals surface area contributed by atoms with Gasteiger partial charge in [-0.25, -0.2) is 0 Å². The fourth-order valence-corrected chi connectivity index (χ4v) is 2.21. The van der Waals surface area contributed by atoms with Crippen LogP contribution in [0.15, 0.2) is 30.6 Å². The number of carbonyl (C=O) groups excluding carboxylic acids is 1. The third-order valence-electron chi connectivity index (χ3n) is 2.71. The maximum Gasteiger partial charge on any atom is 0.254 e. The number of nitrogens with zero attached hydrogens (tertiary/aromatic N) is 3. The fraction of sp³-hybridized carbons (Fsp3) is 0.308. The Balaban J connectivity index is 2.29. The minimum Gasteiger partial charge on any atom is -0.336 e. The van der Waals surface area contributed by atoms with Gasteiger partial charge < -0.3 is 4.90 Å². The fourth-order valence-electron chi connectivity index (χ4n) is 1.80. The standard InChI is InChI=1S/C13H13Cl2N3O/c14-3-7-18(8-4-15)13(19)10-1-2-11-12(9-10)17-6-5-16-11/h1-2,5-6,9H,3-4,7-8H2. The zero-order valence-corrected chi connectivity index (χ0v) is 11.7. The van der Waals surface area contributed by atoms with Crippen LogP contribution in [0.5, 0.6) is 0 Å². The zero-order chi connectivity index (χ0) is 13.7. The molecule has 0 saturated carbocycles. The molecule has 2 rings (SSSR count). The van der Waals surface area contributed by atoms with Crippen LogP contribution >= 0.6 is 23.2 Å².